The van der Waals surface area contributed by atoms with Crippen LogP contribution in [0.3, 0.4) is 0 Å². The number of piperidine rings is 1. The summed E-state index contributed by atoms with van der Waals surface area (Å²) < 4.78 is 13.4. The van der Waals surface area contributed by atoms with Crippen molar-refractivity contribution >= 4 is 17.6 Å². The highest BCUT2D eigenvalue weighted by Crippen LogP contribution is 2.22. The van der Waals surface area contributed by atoms with Crippen LogP contribution < -0.4 is 10.2 Å². The molecule has 1 atom stereocenters. The summed E-state index contributed by atoms with van der Waals surface area (Å²) in [6, 6.07) is 5.80. The summed E-state index contributed by atoms with van der Waals surface area (Å²) in [5.74, 6) is -0.474. The van der Waals surface area contributed by atoms with Gasteiger partial charge < -0.3 is 20.0 Å². The minimum atomic E-state index is -0.375. The third-order valence-electron chi connectivity index (χ3n) is 5.13. The quantitative estimate of drug-likeness (QED) is 0.904. The molecule has 0 spiro atoms. The Kier molecular flexibility index (Phi) is 5.22. The van der Waals surface area contributed by atoms with Crippen molar-refractivity contribution in [3.05, 3.63) is 30.1 Å². The zero-order valence-corrected chi connectivity index (χ0v) is 14.7. The van der Waals surface area contributed by atoms with Crippen molar-refractivity contribution in [3.8, 4) is 0 Å². The Hall–Kier alpha value is -2.15. The number of urea groups is 1. The van der Waals surface area contributed by atoms with Gasteiger partial charge in [0.05, 0.1) is 6.04 Å². The molecule has 2 fully saturated rings. The average molecular weight is 348 g/mol. The first-order valence-corrected chi connectivity index (χ1v) is 8.72. The summed E-state index contributed by atoms with van der Waals surface area (Å²) in [7, 11) is 3.90. The maximum absolute atomic E-state index is 13.4. The minimum absolute atomic E-state index is 0.0992. The first-order valence-electron chi connectivity index (χ1n) is 8.72. The summed E-state index contributed by atoms with van der Waals surface area (Å²) in [5.41, 5.74) is 0.533. The molecule has 1 N–H and O–H groups in total. The number of anilines is 1. The van der Waals surface area contributed by atoms with Gasteiger partial charge in [0, 0.05) is 31.7 Å². The van der Waals surface area contributed by atoms with E-state index in [0.29, 0.717) is 12.2 Å². The smallest absolute Gasteiger partial charge is 0.317 e. The second-order valence-corrected chi connectivity index (χ2v) is 6.98. The van der Waals surface area contributed by atoms with Gasteiger partial charge >= 0.3 is 6.03 Å². The molecule has 6 nitrogen and oxygen atoms in total. The van der Waals surface area contributed by atoms with Gasteiger partial charge in [0.15, 0.2) is 0 Å². The summed E-state index contributed by atoms with van der Waals surface area (Å²) in [4.78, 5) is 30.3. The molecule has 0 bridgehead atoms. The summed E-state index contributed by atoms with van der Waals surface area (Å²) >= 11 is 0. The van der Waals surface area contributed by atoms with Crippen molar-refractivity contribution in [1.82, 2.24) is 15.1 Å². The number of benzene rings is 1. The van der Waals surface area contributed by atoms with Crippen molar-refractivity contribution in [3.63, 3.8) is 0 Å². The Bertz CT molecular complexity index is 646. The number of hydrogen-bond acceptors (Lipinski definition) is 3. The maximum Gasteiger partial charge on any atom is 0.317 e. The first-order chi connectivity index (χ1) is 11.9. The van der Waals surface area contributed by atoms with E-state index >= 15 is 0 Å². The van der Waals surface area contributed by atoms with Gasteiger partial charge in [-0.25, -0.2) is 9.18 Å². The van der Waals surface area contributed by atoms with E-state index < -0.39 is 0 Å². The molecule has 0 aromatic heterocycles. The van der Waals surface area contributed by atoms with E-state index in [9.17, 15) is 14.0 Å². The van der Waals surface area contributed by atoms with Crippen LogP contribution >= 0.6 is 0 Å². The number of hydrogen-bond donors (Lipinski definition) is 1. The van der Waals surface area contributed by atoms with Crippen LogP contribution in [0.2, 0.25) is 0 Å². The normalized spacial score (nSPS) is 22.3. The van der Waals surface area contributed by atoms with Crippen LogP contribution in [-0.4, -0.2) is 67.6 Å². The molecule has 2 aliphatic rings. The lowest BCUT2D eigenvalue weighted by molar-refractivity contribution is -0.117. The molecule has 2 heterocycles. The van der Waals surface area contributed by atoms with E-state index in [4.69, 9.17) is 0 Å². The number of likely N-dealkylation sites (tertiary alicyclic amines) is 1. The van der Waals surface area contributed by atoms with E-state index in [0.717, 1.165) is 25.9 Å². The van der Waals surface area contributed by atoms with Crippen molar-refractivity contribution < 1.29 is 14.0 Å². The number of nitrogens with zero attached hydrogens (tertiary/aromatic N) is 3. The molecule has 136 valence electrons. The SMILES string of the molecule is CN1CCC(N(C)C(=O)NC2CC(=O)N(c3cccc(F)c3)C2)CC1. The number of amides is 3. The molecule has 2 aliphatic heterocycles. The third-order valence-corrected chi connectivity index (χ3v) is 5.13. The van der Waals surface area contributed by atoms with Crippen LogP contribution in [0.15, 0.2) is 24.3 Å². The number of carbonyl (C=O) groups is 2. The lowest BCUT2D eigenvalue weighted by Crippen LogP contribution is -2.50. The molecule has 0 aliphatic carbocycles. The highest BCUT2D eigenvalue weighted by molar-refractivity contribution is 5.96. The van der Waals surface area contributed by atoms with Gasteiger partial charge in [-0.15, -0.1) is 0 Å². The Morgan fingerprint density at radius 2 is 2.04 bits per heavy atom. The Morgan fingerprint density at radius 1 is 1.32 bits per heavy atom. The van der Waals surface area contributed by atoms with Gasteiger partial charge in [-0.3, -0.25) is 4.79 Å². The summed E-state index contributed by atoms with van der Waals surface area (Å²) in [6.07, 6.45) is 2.16. The molecule has 2 saturated heterocycles. The van der Waals surface area contributed by atoms with E-state index in [1.54, 1.807) is 17.0 Å². The van der Waals surface area contributed by atoms with E-state index in [1.807, 2.05) is 7.05 Å². The molecule has 1 aromatic rings. The fourth-order valence-corrected chi connectivity index (χ4v) is 3.52. The fraction of sp³-hybridized carbons (Fsp3) is 0.556. The monoisotopic (exact) mass is 348 g/mol. The number of halogens is 1. The molecule has 1 aromatic carbocycles. The van der Waals surface area contributed by atoms with Crippen LogP contribution in [-0.2, 0) is 4.79 Å². The molecule has 1 unspecified atom stereocenters. The molecule has 0 radical (unpaired) electrons. The Balaban J connectivity index is 1.56. The maximum atomic E-state index is 13.4. The first kappa shape index (κ1) is 17.7. The Morgan fingerprint density at radius 3 is 2.72 bits per heavy atom. The minimum Gasteiger partial charge on any atom is -0.333 e. The van der Waals surface area contributed by atoms with Crippen molar-refractivity contribution in [2.24, 2.45) is 0 Å². The average Bonchev–Trinajstić information content (AvgIpc) is 2.95. The number of nitrogens with one attached hydrogen (secondary N) is 1. The lowest BCUT2D eigenvalue weighted by Gasteiger charge is -2.35. The fourth-order valence-electron chi connectivity index (χ4n) is 3.52. The van der Waals surface area contributed by atoms with Crippen LogP contribution in [0.25, 0.3) is 0 Å². The number of carbonyl (C=O) groups excluding carboxylic acids is 2. The number of rotatable bonds is 3. The topological polar surface area (TPSA) is 55.9 Å². The molecular weight excluding hydrogens is 323 g/mol. The zero-order chi connectivity index (χ0) is 18.0. The largest absolute Gasteiger partial charge is 0.333 e. The highest BCUT2D eigenvalue weighted by atomic mass is 19.1. The van der Waals surface area contributed by atoms with E-state index in [-0.39, 0.29) is 36.3 Å². The molecule has 0 saturated carbocycles. The van der Waals surface area contributed by atoms with Crippen LogP contribution in [0, 0.1) is 5.82 Å². The van der Waals surface area contributed by atoms with E-state index in [2.05, 4.69) is 17.3 Å². The van der Waals surface area contributed by atoms with Gasteiger partial charge in [-0.2, -0.15) is 0 Å². The molecule has 7 heteroatoms. The summed E-state index contributed by atoms with van der Waals surface area (Å²) in [6.45, 7) is 2.34. The van der Waals surface area contributed by atoms with Crippen molar-refractivity contribution in [2.45, 2.75) is 31.3 Å². The predicted octanol–water partition coefficient (Wildman–Crippen LogP) is 1.67. The van der Waals surface area contributed by atoms with Crippen molar-refractivity contribution in [1.29, 1.82) is 0 Å². The van der Waals surface area contributed by atoms with Gasteiger partial charge in [0.25, 0.3) is 0 Å². The zero-order valence-electron chi connectivity index (χ0n) is 14.7. The summed E-state index contributed by atoms with van der Waals surface area (Å²) in [5, 5.41) is 2.95. The molecule has 3 rings (SSSR count). The molecule has 25 heavy (non-hydrogen) atoms. The van der Waals surface area contributed by atoms with Crippen LogP contribution in [0.1, 0.15) is 19.3 Å². The van der Waals surface area contributed by atoms with Gasteiger partial charge in [0.2, 0.25) is 5.91 Å². The lowest BCUT2D eigenvalue weighted by atomic mass is 10.0. The van der Waals surface area contributed by atoms with E-state index in [1.165, 1.54) is 17.0 Å². The second kappa shape index (κ2) is 7.39. The van der Waals surface area contributed by atoms with Gasteiger partial charge in [-0.1, -0.05) is 6.07 Å². The Labute approximate surface area is 147 Å². The standard InChI is InChI=1S/C18H25FN4O2/c1-21-8-6-15(7-9-21)22(2)18(25)20-14-11-17(24)23(12-14)16-5-3-4-13(19)10-16/h3-5,10,14-15H,6-9,11-12H2,1-2H3,(H,20,25). The third kappa shape index (κ3) is 4.10. The van der Waals surface area contributed by atoms with Crippen LogP contribution in [0.4, 0.5) is 14.9 Å². The predicted molar refractivity (Wildman–Crippen MR) is 94.0 cm³/mol. The van der Waals surface area contributed by atoms with Crippen molar-refractivity contribution in [2.75, 3.05) is 38.6 Å². The van der Waals surface area contributed by atoms with Crippen LogP contribution in [0.5, 0.6) is 0 Å². The van der Waals surface area contributed by atoms with Gasteiger partial charge in [-0.05, 0) is 51.2 Å². The molecule has 3 amide bonds. The second-order valence-electron chi connectivity index (χ2n) is 6.98. The molecular formula is C18H25FN4O2. The highest BCUT2D eigenvalue weighted by Gasteiger charge is 2.33. The van der Waals surface area contributed by atoms with Gasteiger partial charge in [0.1, 0.15) is 5.82 Å².